The fraction of sp³-hybridized carbons (Fsp3) is 0.474. The summed E-state index contributed by atoms with van der Waals surface area (Å²) in [5.41, 5.74) is 4.92. The third kappa shape index (κ3) is 2.73. The quantitative estimate of drug-likeness (QED) is 0.721. The normalized spacial score (nSPS) is 24.1. The van der Waals surface area contributed by atoms with Crippen molar-refractivity contribution in [2.24, 2.45) is 11.8 Å². The minimum Gasteiger partial charge on any atom is -0.305 e. The highest BCUT2D eigenvalue weighted by Gasteiger charge is 2.35. The van der Waals surface area contributed by atoms with Crippen LogP contribution in [-0.4, -0.2) is 25.5 Å². The van der Waals surface area contributed by atoms with Crippen LogP contribution >= 0.6 is 23.7 Å². The van der Waals surface area contributed by atoms with Gasteiger partial charge in [0, 0.05) is 11.2 Å². The molecule has 1 aromatic carbocycles. The molecule has 0 saturated heterocycles. The molecule has 1 nitrogen and oxygen atoms in total. The predicted molar refractivity (Wildman–Crippen MR) is 100.0 cm³/mol. The zero-order chi connectivity index (χ0) is 14.4. The van der Waals surface area contributed by atoms with Gasteiger partial charge in [-0.1, -0.05) is 6.07 Å². The monoisotopic (exact) mass is 333 g/mol. The van der Waals surface area contributed by atoms with Crippen LogP contribution in [0.25, 0.3) is 15.7 Å². The first-order chi connectivity index (χ1) is 10.2. The fourth-order valence-electron chi connectivity index (χ4n) is 4.32. The third-order valence-electron chi connectivity index (χ3n) is 5.22. The van der Waals surface area contributed by atoms with Gasteiger partial charge < -0.3 is 4.90 Å². The van der Waals surface area contributed by atoms with Crippen molar-refractivity contribution in [2.75, 3.05) is 20.6 Å². The Bertz CT molecular complexity index is 692. The first-order valence-corrected chi connectivity index (χ1v) is 8.95. The number of fused-ring (bicyclic) bond motifs is 3. The zero-order valence-corrected chi connectivity index (χ0v) is 15.0. The molecule has 1 heterocycles. The molecule has 118 valence electrons. The van der Waals surface area contributed by atoms with Crippen LogP contribution < -0.4 is 0 Å². The van der Waals surface area contributed by atoms with Crippen molar-refractivity contribution in [3.8, 4) is 0 Å². The summed E-state index contributed by atoms with van der Waals surface area (Å²) in [6.07, 6.45) is 5.63. The Morgan fingerprint density at radius 2 is 1.77 bits per heavy atom. The van der Waals surface area contributed by atoms with E-state index in [2.05, 4.69) is 48.6 Å². The van der Waals surface area contributed by atoms with Gasteiger partial charge in [0.1, 0.15) is 0 Å². The van der Waals surface area contributed by atoms with E-state index >= 15 is 0 Å². The maximum Gasteiger partial charge on any atom is 0.0343 e. The predicted octanol–water partition coefficient (Wildman–Crippen LogP) is 5.46. The molecule has 1 saturated carbocycles. The average Bonchev–Trinajstić information content (AvgIpc) is 2.95. The van der Waals surface area contributed by atoms with Crippen molar-refractivity contribution in [3.05, 3.63) is 40.8 Å². The van der Waals surface area contributed by atoms with E-state index in [1.54, 1.807) is 11.1 Å². The van der Waals surface area contributed by atoms with Gasteiger partial charge in [0.25, 0.3) is 0 Å². The van der Waals surface area contributed by atoms with E-state index in [-0.39, 0.29) is 12.4 Å². The molecule has 0 atom stereocenters. The molecule has 2 aromatic rings. The molecule has 1 fully saturated rings. The van der Waals surface area contributed by atoms with Crippen molar-refractivity contribution in [1.29, 1.82) is 0 Å². The summed E-state index contributed by atoms with van der Waals surface area (Å²) in [6.45, 7) is 1.14. The van der Waals surface area contributed by atoms with Gasteiger partial charge in [-0.25, -0.2) is 0 Å². The molecule has 3 aliphatic carbocycles. The number of nitrogens with zero attached hydrogens (tertiary/aromatic N) is 1. The van der Waals surface area contributed by atoms with Gasteiger partial charge in [-0.15, -0.1) is 23.7 Å². The molecule has 0 unspecified atom stereocenters. The number of allylic oxidation sites excluding steroid dienone is 1. The molecule has 22 heavy (non-hydrogen) atoms. The van der Waals surface area contributed by atoms with Gasteiger partial charge >= 0.3 is 0 Å². The van der Waals surface area contributed by atoms with Gasteiger partial charge in [-0.05, 0) is 97.3 Å². The zero-order valence-electron chi connectivity index (χ0n) is 13.3. The molecule has 3 aliphatic rings. The first kappa shape index (κ1) is 16.0. The van der Waals surface area contributed by atoms with Crippen molar-refractivity contribution >= 4 is 39.4 Å². The lowest BCUT2D eigenvalue weighted by atomic mass is 9.65. The van der Waals surface area contributed by atoms with E-state index in [0.29, 0.717) is 0 Å². The first-order valence-electron chi connectivity index (χ1n) is 8.07. The average molecular weight is 334 g/mol. The molecule has 1 aromatic heterocycles. The molecular weight excluding hydrogens is 310 g/mol. The largest absolute Gasteiger partial charge is 0.305 e. The number of likely N-dealkylation sites (N-methyl/N-ethyl adjacent to an activating group) is 1. The van der Waals surface area contributed by atoms with Crippen LogP contribution in [-0.2, 0) is 0 Å². The Hall–Kier alpha value is -0.830. The second-order valence-corrected chi connectivity index (χ2v) is 7.85. The standard InChI is InChI=1S/C19H23NS.ClH/c1-20(2)12-17-13-3-5-14(6-4-13)19(17)16-7-8-18-15(11-16)9-10-21-18;/h7-11,13-14H,3-6,12H2,1-2H3;1H. The number of benzene rings is 1. The van der Waals surface area contributed by atoms with E-state index in [9.17, 15) is 0 Å². The highest BCUT2D eigenvalue weighted by atomic mass is 35.5. The van der Waals surface area contributed by atoms with Crippen LogP contribution in [0.15, 0.2) is 35.2 Å². The van der Waals surface area contributed by atoms with E-state index < -0.39 is 0 Å². The summed E-state index contributed by atoms with van der Waals surface area (Å²) in [6, 6.07) is 9.37. The highest BCUT2D eigenvalue weighted by Crippen LogP contribution is 2.49. The lowest BCUT2D eigenvalue weighted by Crippen LogP contribution is -2.31. The summed E-state index contributed by atoms with van der Waals surface area (Å²) >= 11 is 1.85. The molecule has 0 amide bonds. The topological polar surface area (TPSA) is 3.24 Å². The van der Waals surface area contributed by atoms with Crippen LogP contribution in [0.2, 0.25) is 0 Å². The molecule has 0 radical (unpaired) electrons. The highest BCUT2D eigenvalue weighted by molar-refractivity contribution is 7.17. The molecule has 0 N–H and O–H groups in total. The molecule has 0 spiro atoms. The summed E-state index contributed by atoms with van der Waals surface area (Å²) in [4.78, 5) is 2.35. The molecule has 3 heteroatoms. The minimum atomic E-state index is 0. The lowest BCUT2D eigenvalue weighted by Gasteiger charge is -2.41. The molecule has 0 aliphatic heterocycles. The van der Waals surface area contributed by atoms with Crippen LogP contribution in [0.4, 0.5) is 0 Å². The van der Waals surface area contributed by atoms with E-state index in [1.165, 1.54) is 41.3 Å². The van der Waals surface area contributed by atoms with Crippen LogP contribution in [0.3, 0.4) is 0 Å². The number of rotatable bonds is 3. The summed E-state index contributed by atoms with van der Waals surface area (Å²) < 4.78 is 1.41. The summed E-state index contributed by atoms with van der Waals surface area (Å²) in [7, 11) is 4.41. The third-order valence-corrected chi connectivity index (χ3v) is 6.12. The number of hydrogen-bond acceptors (Lipinski definition) is 2. The van der Waals surface area contributed by atoms with Gasteiger partial charge in [0.15, 0.2) is 0 Å². The Labute approximate surface area is 143 Å². The number of halogens is 1. The second kappa shape index (κ2) is 6.35. The van der Waals surface area contributed by atoms with Gasteiger partial charge in [0.2, 0.25) is 0 Å². The van der Waals surface area contributed by atoms with Gasteiger partial charge in [-0.3, -0.25) is 0 Å². The fourth-order valence-corrected chi connectivity index (χ4v) is 5.09. The van der Waals surface area contributed by atoms with E-state index in [1.807, 2.05) is 11.3 Å². The van der Waals surface area contributed by atoms with E-state index in [0.717, 1.165) is 18.4 Å². The Balaban J connectivity index is 0.00000144. The maximum absolute atomic E-state index is 2.43. The molecular formula is C19H24ClNS. The van der Waals surface area contributed by atoms with Crippen molar-refractivity contribution in [1.82, 2.24) is 4.90 Å². The summed E-state index contributed by atoms with van der Waals surface area (Å²) in [5.74, 6) is 1.65. The number of hydrogen-bond donors (Lipinski definition) is 0. The van der Waals surface area contributed by atoms with Crippen molar-refractivity contribution < 1.29 is 0 Å². The smallest absolute Gasteiger partial charge is 0.0343 e. The van der Waals surface area contributed by atoms with Crippen molar-refractivity contribution in [2.45, 2.75) is 25.7 Å². The Morgan fingerprint density at radius 3 is 2.50 bits per heavy atom. The van der Waals surface area contributed by atoms with Gasteiger partial charge in [0.05, 0.1) is 0 Å². The SMILES string of the molecule is CN(C)CC1=C(c2ccc3sccc3c2)C2CCC1CC2.Cl. The second-order valence-electron chi connectivity index (χ2n) is 6.90. The Morgan fingerprint density at radius 1 is 1.05 bits per heavy atom. The molecule has 2 bridgehead atoms. The lowest BCUT2D eigenvalue weighted by molar-refractivity contribution is 0.299. The Kier molecular flexibility index (Phi) is 4.63. The van der Waals surface area contributed by atoms with Gasteiger partial charge in [-0.2, -0.15) is 0 Å². The van der Waals surface area contributed by atoms with E-state index in [4.69, 9.17) is 0 Å². The van der Waals surface area contributed by atoms with Crippen LogP contribution in [0, 0.1) is 11.8 Å². The van der Waals surface area contributed by atoms with Crippen LogP contribution in [0.1, 0.15) is 31.2 Å². The minimum absolute atomic E-state index is 0. The van der Waals surface area contributed by atoms with Crippen LogP contribution in [0.5, 0.6) is 0 Å². The van der Waals surface area contributed by atoms with Crippen molar-refractivity contribution in [3.63, 3.8) is 0 Å². The number of thiophene rings is 1. The summed E-state index contributed by atoms with van der Waals surface area (Å²) in [5, 5.41) is 3.62. The molecule has 5 rings (SSSR count). The maximum atomic E-state index is 2.43.